The summed E-state index contributed by atoms with van der Waals surface area (Å²) in [6.07, 6.45) is -0.560. The molecule has 0 amide bonds. The van der Waals surface area contributed by atoms with E-state index in [-0.39, 0.29) is 19.8 Å². The van der Waals surface area contributed by atoms with Gasteiger partial charge in [0.05, 0.1) is 25.9 Å². The maximum absolute atomic E-state index is 8.11. The highest BCUT2D eigenvalue weighted by atomic mass is 16.5. The van der Waals surface area contributed by atoms with Gasteiger partial charge >= 0.3 is 0 Å². The fourth-order valence-electron chi connectivity index (χ4n) is 0.204. The van der Waals surface area contributed by atoms with Crippen LogP contribution in [-0.4, -0.2) is 73.8 Å². The van der Waals surface area contributed by atoms with Gasteiger partial charge in [0, 0.05) is 27.4 Å². The Balaban J connectivity index is -0.0000000676. The molecule has 4 N–H and O–H groups in total. The Hall–Kier alpha value is -0.240. The summed E-state index contributed by atoms with van der Waals surface area (Å²) < 4.78 is 9.08. The van der Waals surface area contributed by atoms with Gasteiger partial charge < -0.3 is 29.9 Å². The normalized spacial score (nSPS) is 9.71. The Bertz CT molecular complexity index is 76.4. The van der Waals surface area contributed by atoms with Crippen molar-refractivity contribution in [2.45, 2.75) is 26.9 Å². The number of hydrogen-bond acceptors (Lipinski definition) is 6. The van der Waals surface area contributed by atoms with E-state index in [0.29, 0.717) is 0 Å². The molecule has 0 aromatic heterocycles. The molecule has 0 aromatic carbocycles. The van der Waals surface area contributed by atoms with Crippen LogP contribution in [0.25, 0.3) is 0 Å². The summed E-state index contributed by atoms with van der Waals surface area (Å²) >= 11 is 0. The predicted octanol–water partition coefficient (Wildman–Crippen LogP) is -0.364. The van der Waals surface area contributed by atoms with Gasteiger partial charge in [-0.2, -0.15) is 0 Å². The molecule has 0 saturated carbocycles. The van der Waals surface area contributed by atoms with E-state index in [1.54, 1.807) is 14.2 Å². The van der Waals surface area contributed by atoms with Crippen molar-refractivity contribution in [2.75, 3.05) is 47.3 Å². The summed E-state index contributed by atoms with van der Waals surface area (Å²) in [5.41, 5.74) is 0. The molecule has 17 heavy (non-hydrogen) atoms. The molecule has 1 unspecified atom stereocenters. The summed E-state index contributed by atoms with van der Waals surface area (Å²) in [6.45, 7) is 6.81. The Labute approximate surface area is 105 Å². The van der Waals surface area contributed by atoms with Crippen LogP contribution in [0, 0.1) is 0 Å². The average Bonchev–Trinajstić information content (AvgIpc) is 2.32. The largest absolute Gasteiger partial charge is 0.394 e. The first-order valence-corrected chi connectivity index (χ1v) is 5.50. The maximum Gasteiger partial charge on any atom is 0.0742 e. The van der Waals surface area contributed by atoms with Crippen molar-refractivity contribution in [1.29, 1.82) is 0 Å². The highest BCUT2D eigenvalue weighted by Gasteiger charge is 1.83. The monoisotopic (exact) mass is 258 g/mol. The number of hydrogen-bond donors (Lipinski definition) is 4. The lowest BCUT2D eigenvalue weighted by Crippen LogP contribution is -2.03. The number of ether oxygens (including phenoxy) is 2. The molecule has 0 aromatic rings. The zero-order valence-electron chi connectivity index (χ0n) is 11.7. The molecule has 0 aliphatic heterocycles. The second-order valence-electron chi connectivity index (χ2n) is 2.67. The zero-order valence-corrected chi connectivity index (χ0v) is 11.7. The van der Waals surface area contributed by atoms with Crippen molar-refractivity contribution >= 4 is 0 Å². The minimum absolute atomic E-state index is 0.125. The number of aliphatic hydroxyl groups excluding tert-OH is 4. The van der Waals surface area contributed by atoms with E-state index < -0.39 is 6.10 Å². The predicted molar refractivity (Wildman–Crippen MR) is 68.0 cm³/mol. The third-order valence-electron chi connectivity index (χ3n) is 0.772. The van der Waals surface area contributed by atoms with Gasteiger partial charge in [0.15, 0.2) is 0 Å². The SMILES string of the molecule is CC(O)CO.CCOCC.COC.OCCO. The van der Waals surface area contributed by atoms with E-state index >= 15 is 0 Å². The van der Waals surface area contributed by atoms with Crippen LogP contribution >= 0.6 is 0 Å². The fourth-order valence-corrected chi connectivity index (χ4v) is 0.204. The molecule has 110 valence electrons. The first kappa shape index (κ1) is 25.6. The van der Waals surface area contributed by atoms with Crippen LogP contribution in [0.2, 0.25) is 0 Å². The van der Waals surface area contributed by atoms with E-state index in [4.69, 9.17) is 25.2 Å². The van der Waals surface area contributed by atoms with Crippen LogP contribution in [-0.2, 0) is 9.47 Å². The van der Waals surface area contributed by atoms with E-state index in [1.807, 2.05) is 13.8 Å². The molecule has 0 saturated heterocycles. The van der Waals surface area contributed by atoms with Crippen LogP contribution in [0.1, 0.15) is 20.8 Å². The molecule has 0 heterocycles. The molecule has 1 atom stereocenters. The van der Waals surface area contributed by atoms with Gasteiger partial charge in [-0.05, 0) is 20.8 Å². The summed E-state index contributed by atoms with van der Waals surface area (Å²) in [5, 5.41) is 31.3. The van der Waals surface area contributed by atoms with E-state index in [1.165, 1.54) is 6.92 Å². The second-order valence-corrected chi connectivity index (χ2v) is 2.67. The minimum atomic E-state index is -0.560. The standard InChI is InChI=1S/C4H10O.C3H8O2.C2H6O2.C2H6O/c1-3-5-4-2;1-3(5)2-4;3-1-2-4;1-3-2/h3-4H2,1-2H3;3-5H,2H2,1H3;3-4H,1-2H2;1-2H3. The van der Waals surface area contributed by atoms with Gasteiger partial charge in [0.25, 0.3) is 0 Å². The molecule has 0 rings (SSSR count). The van der Waals surface area contributed by atoms with Gasteiger partial charge in [0.1, 0.15) is 0 Å². The van der Waals surface area contributed by atoms with Crippen molar-refractivity contribution in [3.63, 3.8) is 0 Å². The molecule has 0 radical (unpaired) electrons. The quantitative estimate of drug-likeness (QED) is 0.549. The summed E-state index contributed by atoms with van der Waals surface area (Å²) in [5.74, 6) is 0. The molecule has 0 bridgehead atoms. The summed E-state index contributed by atoms with van der Waals surface area (Å²) in [4.78, 5) is 0. The second kappa shape index (κ2) is 36.0. The average molecular weight is 258 g/mol. The Kier molecular flexibility index (Phi) is 54.2. The first-order valence-electron chi connectivity index (χ1n) is 5.50. The van der Waals surface area contributed by atoms with Gasteiger partial charge in [-0.1, -0.05) is 0 Å². The van der Waals surface area contributed by atoms with Gasteiger partial charge in [0.2, 0.25) is 0 Å². The number of aliphatic hydroxyl groups is 4. The van der Waals surface area contributed by atoms with E-state index in [9.17, 15) is 0 Å². The molecule has 0 aliphatic carbocycles. The van der Waals surface area contributed by atoms with Crippen LogP contribution < -0.4 is 0 Å². The third kappa shape index (κ3) is 132. The molecule has 0 spiro atoms. The van der Waals surface area contributed by atoms with Gasteiger partial charge in [-0.3, -0.25) is 0 Å². The lowest BCUT2D eigenvalue weighted by atomic mass is 10.5. The zero-order chi connectivity index (χ0) is 14.5. The molecule has 6 nitrogen and oxygen atoms in total. The van der Waals surface area contributed by atoms with Crippen LogP contribution in [0.15, 0.2) is 0 Å². The van der Waals surface area contributed by atoms with Crippen LogP contribution in [0.3, 0.4) is 0 Å². The summed E-state index contributed by atoms with van der Waals surface area (Å²) in [6, 6.07) is 0. The highest BCUT2D eigenvalue weighted by molar-refractivity contribution is 4.34. The van der Waals surface area contributed by atoms with Crippen LogP contribution in [0.4, 0.5) is 0 Å². The van der Waals surface area contributed by atoms with Crippen molar-refractivity contribution in [3.8, 4) is 0 Å². The molecule has 0 fully saturated rings. The summed E-state index contributed by atoms with van der Waals surface area (Å²) in [7, 11) is 3.25. The Morgan fingerprint density at radius 1 is 0.941 bits per heavy atom. The van der Waals surface area contributed by atoms with Gasteiger partial charge in [-0.25, -0.2) is 0 Å². The fraction of sp³-hybridized carbons (Fsp3) is 1.00. The van der Waals surface area contributed by atoms with Crippen molar-refractivity contribution in [2.24, 2.45) is 0 Å². The van der Waals surface area contributed by atoms with Crippen molar-refractivity contribution in [3.05, 3.63) is 0 Å². The van der Waals surface area contributed by atoms with Crippen molar-refractivity contribution in [1.82, 2.24) is 0 Å². The molecule has 0 aliphatic rings. The van der Waals surface area contributed by atoms with E-state index in [0.717, 1.165) is 13.2 Å². The third-order valence-corrected chi connectivity index (χ3v) is 0.772. The Morgan fingerprint density at radius 2 is 1.18 bits per heavy atom. The minimum Gasteiger partial charge on any atom is -0.394 e. The highest BCUT2D eigenvalue weighted by Crippen LogP contribution is 1.68. The Morgan fingerprint density at radius 3 is 1.18 bits per heavy atom. The first-order chi connectivity index (χ1) is 8.01. The van der Waals surface area contributed by atoms with E-state index in [2.05, 4.69) is 4.74 Å². The lowest BCUT2D eigenvalue weighted by molar-refractivity contribution is 0.110. The molecular formula is C11H30O6. The number of rotatable bonds is 4. The lowest BCUT2D eigenvalue weighted by Gasteiger charge is -1.90. The number of methoxy groups -OCH3 is 1. The van der Waals surface area contributed by atoms with Gasteiger partial charge in [-0.15, -0.1) is 0 Å². The smallest absolute Gasteiger partial charge is 0.0742 e. The van der Waals surface area contributed by atoms with Crippen molar-refractivity contribution < 1.29 is 29.9 Å². The van der Waals surface area contributed by atoms with Crippen LogP contribution in [0.5, 0.6) is 0 Å². The maximum atomic E-state index is 8.11. The molecule has 6 heteroatoms. The topological polar surface area (TPSA) is 99.4 Å². The molecular weight excluding hydrogens is 228 g/mol.